The van der Waals surface area contributed by atoms with Crippen molar-refractivity contribution in [2.24, 2.45) is 0 Å². The van der Waals surface area contributed by atoms with Crippen LogP contribution in [0.5, 0.6) is 0 Å². The van der Waals surface area contributed by atoms with Gasteiger partial charge in [0.2, 0.25) is 0 Å². The zero-order valence-electron chi connectivity index (χ0n) is 12.8. The van der Waals surface area contributed by atoms with Crippen LogP contribution in [0.25, 0.3) is 0 Å². The molecule has 0 heterocycles. The molecule has 0 fully saturated rings. The van der Waals surface area contributed by atoms with E-state index in [9.17, 15) is 4.79 Å². The molecule has 0 aliphatic heterocycles. The Hall–Kier alpha value is -1.51. The van der Waals surface area contributed by atoms with Gasteiger partial charge in [-0.2, -0.15) is 0 Å². The first-order chi connectivity index (χ1) is 8.84. The maximum absolute atomic E-state index is 12.2. The number of hydrogen-bond acceptors (Lipinski definition) is 2. The summed E-state index contributed by atoms with van der Waals surface area (Å²) in [6.45, 7) is 11.9. The standard InChI is InChI=1S/C16H25NO2/c1-11(2)17(12(3)4)16(18)19-14(6)15-10-8-7-9-13(15)5/h7-12,14H,1-6H3/t14-/m0/s1. The molecule has 0 bridgehead atoms. The highest BCUT2D eigenvalue weighted by Crippen LogP contribution is 2.22. The van der Waals surface area contributed by atoms with Gasteiger partial charge in [-0.15, -0.1) is 0 Å². The van der Waals surface area contributed by atoms with Gasteiger partial charge in [0.05, 0.1) is 0 Å². The molecule has 0 saturated carbocycles. The minimum atomic E-state index is -0.249. The molecule has 0 spiro atoms. The molecule has 0 unspecified atom stereocenters. The van der Waals surface area contributed by atoms with Crippen LogP contribution >= 0.6 is 0 Å². The summed E-state index contributed by atoms with van der Waals surface area (Å²) in [6.07, 6.45) is -0.477. The quantitative estimate of drug-likeness (QED) is 0.810. The largest absolute Gasteiger partial charge is 0.441 e. The van der Waals surface area contributed by atoms with Crippen molar-refractivity contribution in [3.8, 4) is 0 Å². The van der Waals surface area contributed by atoms with Crippen LogP contribution < -0.4 is 0 Å². The Balaban J connectivity index is 2.79. The summed E-state index contributed by atoms with van der Waals surface area (Å²) in [7, 11) is 0. The normalized spacial score (nSPS) is 12.6. The van der Waals surface area contributed by atoms with E-state index in [1.165, 1.54) is 0 Å². The average molecular weight is 263 g/mol. The van der Waals surface area contributed by atoms with Crippen LogP contribution in [0.3, 0.4) is 0 Å². The fourth-order valence-corrected chi connectivity index (χ4v) is 2.34. The third kappa shape index (κ3) is 3.98. The molecular weight excluding hydrogens is 238 g/mol. The number of amides is 1. The Labute approximate surface area is 116 Å². The van der Waals surface area contributed by atoms with Crippen LogP contribution in [-0.4, -0.2) is 23.1 Å². The monoisotopic (exact) mass is 263 g/mol. The van der Waals surface area contributed by atoms with Gasteiger partial charge in [0.15, 0.2) is 0 Å². The number of benzene rings is 1. The van der Waals surface area contributed by atoms with Crippen LogP contribution in [0.1, 0.15) is 51.8 Å². The maximum Gasteiger partial charge on any atom is 0.410 e. The molecule has 1 rings (SSSR count). The van der Waals surface area contributed by atoms with E-state index in [1.54, 1.807) is 4.90 Å². The average Bonchev–Trinajstić information content (AvgIpc) is 2.27. The van der Waals surface area contributed by atoms with Crippen LogP contribution in [0, 0.1) is 6.92 Å². The predicted octanol–water partition coefficient (Wildman–Crippen LogP) is 4.31. The van der Waals surface area contributed by atoms with E-state index in [4.69, 9.17) is 4.74 Å². The third-order valence-corrected chi connectivity index (χ3v) is 3.23. The van der Waals surface area contributed by atoms with Crippen LogP contribution in [-0.2, 0) is 4.74 Å². The molecule has 1 amide bonds. The van der Waals surface area contributed by atoms with E-state index in [0.717, 1.165) is 11.1 Å². The van der Waals surface area contributed by atoms with Crippen molar-refractivity contribution in [2.45, 2.75) is 59.7 Å². The second kappa shape index (κ2) is 6.60. The zero-order valence-corrected chi connectivity index (χ0v) is 12.8. The van der Waals surface area contributed by atoms with Gasteiger partial charge in [-0.05, 0) is 52.7 Å². The minimum Gasteiger partial charge on any atom is -0.441 e. The van der Waals surface area contributed by atoms with Crippen molar-refractivity contribution in [3.63, 3.8) is 0 Å². The van der Waals surface area contributed by atoms with Gasteiger partial charge in [0.25, 0.3) is 0 Å². The number of ether oxygens (including phenoxy) is 1. The van der Waals surface area contributed by atoms with E-state index in [2.05, 4.69) is 0 Å². The van der Waals surface area contributed by atoms with Gasteiger partial charge in [0, 0.05) is 12.1 Å². The molecule has 0 aromatic heterocycles. The topological polar surface area (TPSA) is 29.5 Å². The lowest BCUT2D eigenvalue weighted by atomic mass is 10.0. The van der Waals surface area contributed by atoms with Crippen LogP contribution in [0.4, 0.5) is 4.79 Å². The van der Waals surface area contributed by atoms with Gasteiger partial charge < -0.3 is 9.64 Å². The summed E-state index contributed by atoms with van der Waals surface area (Å²) in [5, 5.41) is 0. The first-order valence-electron chi connectivity index (χ1n) is 6.89. The molecule has 1 aromatic carbocycles. The second-order valence-corrected chi connectivity index (χ2v) is 5.48. The molecule has 1 aromatic rings. The summed E-state index contributed by atoms with van der Waals surface area (Å²) in [5.74, 6) is 0. The zero-order chi connectivity index (χ0) is 14.6. The molecule has 0 N–H and O–H groups in total. The lowest BCUT2D eigenvalue weighted by molar-refractivity contribution is 0.0510. The highest BCUT2D eigenvalue weighted by molar-refractivity contribution is 5.68. The van der Waals surface area contributed by atoms with Crippen molar-refractivity contribution in [3.05, 3.63) is 35.4 Å². The van der Waals surface area contributed by atoms with Crippen molar-refractivity contribution >= 4 is 6.09 Å². The van der Waals surface area contributed by atoms with Gasteiger partial charge in [0.1, 0.15) is 6.10 Å². The predicted molar refractivity (Wildman–Crippen MR) is 78.2 cm³/mol. The third-order valence-electron chi connectivity index (χ3n) is 3.23. The van der Waals surface area contributed by atoms with Gasteiger partial charge >= 0.3 is 6.09 Å². The van der Waals surface area contributed by atoms with E-state index in [0.29, 0.717) is 0 Å². The molecule has 1 atom stereocenters. The van der Waals surface area contributed by atoms with E-state index >= 15 is 0 Å². The molecule has 19 heavy (non-hydrogen) atoms. The molecule has 106 valence electrons. The van der Waals surface area contributed by atoms with Gasteiger partial charge in [-0.3, -0.25) is 0 Å². The highest BCUT2D eigenvalue weighted by atomic mass is 16.6. The lowest BCUT2D eigenvalue weighted by Crippen LogP contribution is -2.42. The number of carbonyl (C=O) groups excluding carboxylic acids is 1. The Morgan fingerprint density at radius 2 is 1.58 bits per heavy atom. The number of aryl methyl sites for hydroxylation is 1. The van der Waals surface area contributed by atoms with Gasteiger partial charge in [-0.25, -0.2) is 4.79 Å². The summed E-state index contributed by atoms with van der Waals surface area (Å²) in [6, 6.07) is 8.26. The smallest absolute Gasteiger partial charge is 0.410 e. The van der Waals surface area contributed by atoms with Crippen molar-refractivity contribution in [1.82, 2.24) is 4.90 Å². The summed E-state index contributed by atoms with van der Waals surface area (Å²) >= 11 is 0. The Morgan fingerprint density at radius 1 is 1.05 bits per heavy atom. The Kier molecular flexibility index (Phi) is 5.40. The van der Waals surface area contributed by atoms with Crippen molar-refractivity contribution in [1.29, 1.82) is 0 Å². The number of nitrogens with zero attached hydrogens (tertiary/aromatic N) is 1. The SMILES string of the molecule is Cc1ccccc1[C@H](C)OC(=O)N(C(C)C)C(C)C. The Bertz CT molecular complexity index is 419. The number of carbonyl (C=O) groups is 1. The molecule has 0 aliphatic carbocycles. The lowest BCUT2D eigenvalue weighted by Gasteiger charge is -2.31. The fourth-order valence-electron chi connectivity index (χ4n) is 2.34. The van der Waals surface area contributed by atoms with E-state index in [1.807, 2.05) is 65.8 Å². The highest BCUT2D eigenvalue weighted by Gasteiger charge is 2.24. The molecule has 0 radical (unpaired) electrons. The minimum absolute atomic E-state index is 0.136. The second-order valence-electron chi connectivity index (χ2n) is 5.48. The van der Waals surface area contributed by atoms with Crippen LogP contribution in [0.15, 0.2) is 24.3 Å². The first-order valence-corrected chi connectivity index (χ1v) is 6.89. The van der Waals surface area contributed by atoms with Crippen LogP contribution in [0.2, 0.25) is 0 Å². The van der Waals surface area contributed by atoms with E-state index in [-0.39, 0.29) is 24.3 Å². The summed E-state index contributed by atoms with van der Waals surface area (Å²) in [5.41, 5.74) is 2.20. The fraction of sp³-hybridized carbons (Fsp3) is 0.562. The first kappa shape index (κ1) is 15.5. The van der Waals surface area contributed by atoms with E-state index < -0.39 is 0 Å². The molecule has 3 heteroatoms. The van der Waals surface area contributed by atoms with Crippen molar-refractivity contribution < 1.29 is 9.53 Å². The summed E-state index contributed by atoms with van der Waals surface area (Å²) in [4.78, 5) is 14.0. The number of hydrogen-bond donors (Lipinski definition) is 0. The van der Waals surface area contributed by atoms with Crippen molar-refractivity contribution in [2.75, 3.05) is 0 Å². The summed E-state index contributed by atoms with van der Waals surface area (Å²) < 4.78 is 5.59. The molecular formula is C16H25NO2. The molecule has 0 aliphatic rings. The van der Waals surface area contributed by atoms with Gasteiger partial charge in [-0.1, -0.05) is 24.3 Å². The Morgan fingerprint density at radius 3 is 2.05 bits per heavy atom. The number of rotatable bonds is 4. The maximum atomic E-state index is 12.2. The molecule has 3 nitrogen and oxygen atoms in total. The molecule has 0 saturated heterocycles.